The third kappa shape index (κ3) is 3.07. The number of benzene rings is 1. The quantitative estimate of drug-likeness (QED) is 0.527. The second-order valence-electron chi connectivity index (χ2n) is 5.07. The smallest absolute Gasteiger partial charge is 0.345 e. The fourth-order valence-electron chi connectivity index (χ4n) is 2.40. The van der Waals surface area contributed by atoms with Crippen LogP contribution in [-0.4, -0.2) is 16.9 Å². The number of rotatable bonds is 4. The predicted molar refractivity (Wildman–Crippen MR) is 87.6 cm³/mol. The molecule has 0 radical (unpaired) electrons. The maximum atomic E-state index is 12.2. The van der Waals surface area contributed by atoms with Crippen LogP contribution < -0.4 is 0 Å². The molecule has 1 aromatic carbocycles. The normalized spacial score (nSPS) is 13.3. The predicted octanol–water partition coefficient (Wildman–Crippen LogP) is 4.00. The molecule has 1 aliphatic carbocycles. The van der Waals surface area contributed by atoms with Crippen molar-refractivity contribution in [3.05, 3.63) is 75.0 Å². The minimum absolute atomic E-state index is 0.0670. The minimum Gasteiger partial charge on any atom is -0.477 e. The van der Waals surface area contributed by atoms with Gasteiger partial charge in [0.25, 0.3) is 0 Å². The molecule has 4 heteroatoms. The summed E-state index contributed by atoms with van der Waals surface area (Å²) in [6, 6.07) is 9.05. The van der Waals surface area contributed by atoms with Gasteiger partial charge in [-0.25, -0.2) is 4.79 Å². The molecule has 3 nitrogen and oxygen atoms in total. The largest absolute Gasteiger partial charge is 0.477 e. The Labute approximate surface area is 132 Å². The van der Waals surface area contributed by atoms with Gasteiger partial charge in [-0.05, 0) is 54.3 Å². The van der Waals surface area contributed by atoms with Gasteiger partial charge in [0.1, 0.15) is 4.88 Å². The number of thiophene rings is 1. The van der Waals surface area contributed by atoms with Gasteiger partial charge in [0.2, 0.25) is 0 Å². The Hall–Kier alpha value is -2.46. The van der Waals surface area contributed by atoms with Crippen molar-refractivity contribution in [1.29, 1.82) is 0 Å². The highest BCUT2D eigenvalue weighted by molar-refractivity contribution is 7.14. The molecular formula is C18H14O3S. The van der Waals surface area contributed by atoms with Crippen molar-refractivity contribution in [3.8, 4) is 0 Å². The van der Waals surface area contributed by atoms with Gasteiger partial charge in [-0.1, -0.05) is 24.3 Å². The van der Waals surface area contributed by atoms with Crippen LogP contribution >= 0.6 is 11.3 Å². The van der Waals surface area contributed by atoms with Crippen molar-refractivity contribution in [1.82, 2.24) is 0 Å². The summed E-state index contributed by atoms with van der Waals surface area (Å²) in [6.45, 7) is 0. The number of allylic oxidation sites excluding steroid dienone is 3. The number of hydrogen-bond acceptors (Lipinski definition) is 3. The Morgan fingerprint density at radius 3 is 2.55 bits per heavy atom. The Bertz CT molecular complexity index is 796. The van der Waals surface area contributed by atoms with E-state index in [-0.39, 0.29) is 10.7 Å². The average Bonchev–Trinajstić information content (AvgIpc) is 3.01. The van der Waals surface area contributed by atoms with Gasteiger partial charge in [0.15, 0.2) is 5.78 Å². The van der Waals surface area contributed by atoms with E-state index >= 15 is 0 Å². The zero-order chi connectivity index (χ0) is 15.5. The Morgan fingerprint density at radius 2 is 1.82 bits per heavy atom. The van der Waals surface area contributed by atoms with Gasteiger partial charge in [0.05, 0.1) is 0 Å². The van der Waals surface area contributed by atoms with Crippen molar-refractivity contribution in [2.24, 2.45) is 0 Å². The highest BCUT2D eigenvalue weighted by Gasteiger charge is 2.09. The molecule has 110 valence electrons. The molecule has 0 spiro atoms. The lowest BCUT2D eigenvalue weighted by Gasteiger charge is -2.11. The molecule has 0 fully saturated rings. The highest BCUT2D eigenvalue weighted by atomic mass is 32.1. The summed E-state index contributed by atoms with van der Waals surface area (Å²) in [5.74, 6) is -1.01. The molecule has 3 rings (SSSR count). The summed E-state index contributed by atoms with van der Waals surface area (Å²) in [6.07, 6.45) is 9.21. The Morgan fingerprint density at radius 1 is 1.05 bits per heavy atom. The fourth-order valence-corrected chi connectivity index (χ4v) is 3.15. The zero-order valence-corrected chi connectivity index (χ0v) is 12.6. The maximum absolute atomic E-state index is 12.2. The number of fused-ring (bicyclic) bond motifs is 1. The van der Waals surface area contributed by atoms with Gasteiger partial charge in [-0.2, -0.15) is 0 Å². The molecule has 1 aliphatic rings. The first-order valence-electron chi connectivity index (χ1n) is 6.96. The molecule has 0 aliphatic heterocycles. The average molecular weight is 310 g/mol. The molecule has 0 unspecified atom stereocenters. The third-order valence-electron chi connectivity index (χ3n) is 3.57. The number of carboxylic acids is 1. The second-order valence-corrected chi connectivity index (χ2v) is 6.18. The Balaban J connectivity index is 1.76. The van der Waals surface area contributed by atoms with Crippen molar-refractivity contribution >= 4 is 29.2 Å². The summed E-state index contributed by atoms with van der Waals surface area (Å²) >= 11 is 1.15. The number of carboxylic acid groups (broad SMARTS) is 1. The van der Waals surface area contributed by atoms with Crippen LogP contribution in [0.3, 0.4) is 0 Å². The summed E-state index contributed by atoms with van der Waals surface area (Å²) in [5, 5.41) is 8.88. The van der Waals surface area contributed by atoms with Crippen LogP contribution in [-0.2, 0) is 12.8 Å². The lowest BCUT2D eigenvalue weighted by atomic mass is 9.94. The van der Waals surface area contributed by atoms with Crippen LogP contribution in [0.5, 0.6) is 0 Å². The van der Waals surface area contributed by atoms with Crippen LogP contribution in [0.4, 0.5) is 0 Å². The van der Waals surface area contributed by atoms with Gasteiger partial charge in [0, 0.05) is 10.4 Å². The minimum atomic E-state index is -0.946. The molecule has 0 amide bonds. The number of hydrogen-bond donors (Lipinski definition) is 1. The summed E-state index contributed by atoms with van der Waals surface area (Å²) in [4.78, 5) is 24.1. The van der Waals surface area contributed by atoms with E-state index in [1.807, 2.05) is 18.2 Å². The van der Waals surface area contributed by atoms with Crippen molar-refractivity contribution in [2.45, 2.75) is 12.8 Å². The van der Waals surface area contributed by atoms with E-state index in [9.17, 15) is 9.59 Å². The first kappa shape index (κ1) is 14.5. The van der Waals surface area contributed by atoms with E-state index in [4.69, 9.17) is 5.11 Å². The second kappa shape index (κ2) is 6.12. The zero-order valence-electron chi connectivity index (χ0n) is 11.8. The van der Waals surface area contributed by atoms with Crippen molar-refractivity contribution in [2.75, 3.05) is 0 Å². The van der Waals surface area contributed by atoms with Gasteiger partial charge < -0.3 is 5.11 Å². The number of aromatic carboxylic acids is 1. The molecule has 0 bridgehead atoms. The van der Waals surface area contributed by atoms with Crippen molar-refractivity contribution < 1.29 is 14.7 Å². The fraction of sp³-hybridized carbons (Fsp3) is 0.111. The first-order valence-corrected chi connectivity index (χ1v) is 7.77. The molecule has 1 heterocycles. The van der Waals surface area contributed by atoms with Gasteiger partial charge in [-0.3, -0.25) is 4.79 Å². The maximum Gasteiger partial charge on any atom is 0.345 e. The van der Waals surface area contributed by atoms with E-state index in [1.54, 1.807) is 18.2 Å². The van der Waals surface area contributed by atoms with Crippen molar-refractivity contribution in [3.63, 3.8) is 0 Å². The van der Waals surface area contributed by atoms with E-state index in [1.165, 1.54) is 17.2 Å². The van der Waals surface area contributed by atoms with Gasteiger partial charge in [-0.15, -0.1) is 11.3 Å². The summed E-state index contributed by atoms with van der Waals surface area (Å²) < 4.78 is 0. The first-order chi connectivity index (χ1) is 10.6. The lowest BCUT2D eigenvalue weighted by molar-refractivity contribution is 0.0702. The standard InChI is InChI=1S/C18H14O3S/c19-16(9-7-15-8-10-17(22-15)18(20)21)14-6-5-12-3-1-2-4-13(12)11-14/h1-2,5-11H,3-4H2,(H,20,21)/b9-7+. The lowest BCUT2D eigenvalue weighted by Crippen LogP contribution is -2.01. The third-order valence-corrected chi connectivity index (χ3v) is 4.61. The van der Waals surface area contributed by atoms with Crippen LogP contribution in [0, 0.1) is 0 Å². The summed E-state index contributed by atoms with van der Waals surface area (Å²) in [5.41, 5.74) is 3.14. The summed E-state index contributed by atoms with van der Waals surface area (Å²) in [7, 11) is 0. The van der Waals surface area contributed by atoms with E-state index in [2.05, 4.69) is 12.2 Å². The number of ketones is 1. The molecular weight excluding hydrogens is 296 g/mol. The monoisotopic (exact) mass is 310 g/mol. The van der Waals surface area contributed by atoms with E-state index < -0.39 is 5.97 Å². The van der Waals surface area contributed by atoms with E-state index in [0.717, 1.165) is 29.1 Å². The molecule has 22 heavy (non-hydrogen) atoms. The van der Waals surface area contributed by atoms with Crippen LogP contribution in [0.1, 0.15) is 36.0 Å². The van der Waals surface area contributed by atoms with Crippen LogP contribution in [0.15, 0.2) is 48.6 Å². The highest BCUT2D eigenvalue weighted by Crippen LogP contribution is 2.20. The van der Waals surface area contributed by atoms with Crippen LogP contribution in [0.2, 0.25) is 0 Å². The number of carbonyl (C=O) groups is 2. The number of carbonyl (C=O) groups excluding carboxylic acids is 1. The molecule has 0 saturated carbocycles. The Kier molecular flexibility index (Phi) is 4.02. The molecule has 1 N–H and O–H groups in total. The molecule has 0 saturated heterocycles. The van der Waals surface area contributed by atoms with E-state index in [0.29, 0.717) is 5.56 Å². The molecule has 0 atom stereocenters. The van der Waals surface area contributed by atoms with Gasteiger partial charge >= 0.3 is 5.97 Å². The topological polar surface area (TPSA) is 54.4 Å². The SMILES string of the molecule is O=C(/C=C/c1ccc(C(=O)O)s1)c1ccc2c(c1)CC=CC2. The van der Waals surface area contributed by atoms with Crippen LogP contribution in [0.25, 0.3) is 6.08 Å². The molecule has 1 aromatic heterocycles. The molecule has 2 aromatic rings.